The predicted octanol–water partition coefficient (Wildman–Crippen LogP) is 0.388. The van der Waals surface area contributed by atoms with Gasteiger partial charge in [-0.1, -0.05) is 0 Å². The SMILES string of the molecule is NC(NC(=O)O)[C]1CCC(C(=O)O)CC1. The van der Waals surface area contributed by atoms with Gasteiger partial charge in [-0.15, -0.1) is 0 Å². The van der Waals surface area contributed by atoms with Crippen molar-refractivity contribution in [3.05, 3.63) is 5.92 Å². The summed E-state index contributed by atoms with van der Waals surface area (Å²) in [5.41, 5.74) is 5.59. The van der Waals surface area contributed by atoms with Crippen molar-refractivity contribution in [1.29, 1.82) is 0 Å². The standard InChI is InChI=1S/C9H15N2O4/c10-7(11-9(14)15)5-1-3-6(4-2-5)8(12)13/h6-7,11H,1-4,10H2,(H,12,13)(H,14,15). The van der Waals surface area contributed by atoms with E-state index in [4.69, 9.17) is 15.9 Å². The van der Waals surface area contributed by atoms with Crippen LogP contribution in [0.5, 0.6) is 0 Å². The fourth-order valence-corrected chi connectivity index (χ4v) is 1.78. The van der Waals surface area contributed by atoms with E-state index >= 15 is 0 Å². The van der Waals surface area contributed by atoms with Crippen molar-refractivity contribution in [3.63, 3.8) is 0 Å². The molecule has 1 unspecified atom stereocenters. The number of carboxylic acid groups (broad SMARTS) is 2. The van der Waals surface area contributed by atoms with Crippen molar-refractivity contribution in [1.82, 2.24) is 5.32 Å². The second-order valence-electron chi connectivity index (χ2n) is 3.70. The summed E-state index contributed by atoms with van der Waals surface area (Å²) >= 11 is 0. The van der Waals surface area contributed by atoms with Gasteiger partial charge in [0.2, 0.25) is 0 Å². The van der Waals surface area contributed by atoms with Gasteiger partial charge >= 0.3 is 12.1 Å². The van der Waals surface area contributed by atoms with Gasteiger partial charge in [0.1, 0.15) is 0 Å². The van der Waals surface area contributed by atoms with Crippen LogP contribution in [0.2, 0.25) is 0 Å². The first-order chi connectivity index (χ1) is 7.00. The number of carboxylic acids is 1. The van der Waals surface area contributed by atoms with Crippen molar-refractivity contribution in [2.75, 3.05) is 0 Å². The van der Waals surface area contributed by atoms with E-state index in [2.05, 4.69) is 5.32 Å². The van der Waals surface area contributed by atoms with E-state index in [0.29, 0.717) is 25.7 Å². The number of nitrogens with two attached hydrogens (primary N) is 1. The van der Waals surface area contributed by atoms with Gasteiger partial charge in [0, 0.05) is 5.92 Å². The smallest absolute Gasteiger partial charge is 0.405 e. The second kappa shape index (κ2) is 4.97. The van der Waals surface area contributed by atoms with Crippen LogP contribution >= 0.6 is 0 Å². The van der Waals surface area contributed by atoms with E-state index in [-0.39, 0.29) is 5.92 Å². The normalized spacial score (nSPS) is 20.9. The molecule has 1 aliphatic rings. The third kappa shape index (κ3) is 3.39. The number of amides is 1. The van der Waals surface area contributed by atoms with Gasteiger partial charge in [-0.25, -0.2) is 4.79 Å². The summed E-state index contributed by atoms with van der Waals surface area (Å²) in [4.78, 5) is 21.0. The largest absolute Gasteiger partial charge is 0.481 e. The number of hydrogen-bond donors (Lipinski definition) is 4. The Labute approximate surface area is 87.5 Å². The Morgan fingerprint density at radius 2 is 1.87 bits per heavy atom. The molecule has 1 saturated carbocycles. The molecule has 1 rings (SSSR count). The maximum absolute atomic E-state index is 10.7. The highest BCUT2D eigenvalue weighted by atomic mass is 16.4. The van der Waals surface area contributed by atoms with Crippen LogP contribution in [0.15, 0.2) is 0 Å². The van der Waals surface area contributed by atoms with E-state index in [0.717, 1.165) is 5.92 Å². The summed E-state index contributed by atoms with van der Waals surface area (Å²) in [5, 5.41) is 19.4. The topological polar surface area (TPSA) is 113 Å². The molecule has 1 radical (unpaired) electrons. The lowest BCUT2D eigenvalue weighted by Gasteiger charge is -2.29. The van der Waals surface area contributed by atoms with E-state index in [9.17, 15) is 9.59 Å². The highest BCUT2D eigenvalue weighted by Crippen LogP contribution is 2.31. The zero-order chi connectivity index (χ0) is 11.4. The lowest BCUT2D eigenvalue weighted by molar-refractivity contribution is -0.142. The van der Waals surface area contributed by atoms with E-state index in [1.54, 1.807) is 0 Å². The first-order valence-electron chi connectivity index (χ1n) is 4.83. The molecule has 0 spiro atoms. The molecule has 0 aromatic rings. The van der Waals surface area contributed by atoms with Crippen molar-refractivity contribution < 1.29 is 19.8 Å². The highest BCUT2D eigenvalue weighted by Gasteiger charge is 2.29. The van der Waals surface area contributed by atoms with Crippen LogP contribution in [-0.2, 0) is 4.79 Å². The third-order valence-electron chi connectivity index (χ3n) is 2.70. The van der Waals surface area contributed by atoms with Crippen molar-refractivity contribution in [2.45, 2.75) is 31.8 Å². The Kier molecular flexibility index (Phi) is 3.90. The molecule has 6 heteroatoms. The molecule has 15 heavy (non-hydrogen) atoms. The average Bonchev–Trinajstić information content (AvgIpc) is 2.17. The average molecular weight is 215 g/mol. The van der Waals surface area contributed by atoms with E-state index < -0.39 is 18.2 Å². The molecular formula is C9H15N2O4. The van der Waals surface area contributed by atoms with Gasteiger partial charge in [0.25, 0.3) is 0 Å². The van der Waals surface area contributed by atoms with Gasteiger partial charge < -0.3 is 21.3 Å². The van der Waals surface area contributed by atoms with Gasteiger partial charge in [0.15, 0.2) is 0 Å². The molecule has 0 heterocycles. The van der Waals surface area contributed by atoms with Gasteiger partial charge in [-0.2, -0.15) is 0 Å². The van der Waals surface area contributed by atoms with Crippen LogP contribution in [0.1, 0.15) is 25.7 Å². The predicted molar refractivity (Wildman–Crippen MR) is 52.0 cm³/mol. The fourth-order valence-electron chi connectivity index (χ4n) is 1.78. The van der Waals surface area contributed by atoms with Crippen LogP contribution < -0.4 is 11.1 Å². The van der Waals surface area contributed by atoms with E-state index in [1.165, 1.54) is 0 Å². The molecule has 0 saturated heterocycles. The summed E-state index contributed by atoms with van der Waals surface area (Å²) in [5.74, 6) is -0.213. The Balaban J connectivity index is 2.36. The van der Waals surface area contributed by atoms with Crippen LogP contribution in [0.3, 0.4) is 0 Å². The molecule has 0 aromatic heterocycles. The number of nitrogens with one attached hydrogen (secondary N) is 1. The highest BCUT2D eigenvalue weighted by molar-refractivity contribution is 5.70. The number of rotatable bonds is 3. The monoisotopic (exact) mass is 215 g/mol. The quantitative estimate of drug-likeness (QED) is 0.508. The first kappa shape index (κ1) is 11.8. The minimum Gasteiger partial charge on any atom is -0.481 e. The molecule has 6 nitrogen and oxygen atoms in total. The zero-order valence-corrected chi connectivity index (χ0v) is 8.27. The van der Waals surface area contributed by atoms with Crippen LogP contribution in [0.4, 0.5) is 4.79 Å². The third-order valence-corrected chi connectivity index (χ3v) is 2.70. The number of hydrogen-bond acceptors (Lipinski definition) is 3. The molecule has 1 atom stereocenters. The van der Waals surface area contributed by atoms with Crippen LogP contribution in [-0.4, -0.2) is 28.4 Å². The van der Waals surface area contributed by atoms with Gasteiger partial charge in [0.05, 0.1) is 12.1 Å². The molecule has 0 bridgehead atoms. The lowest BCUT2D eigenvalue weighted by Crippen LogP contribution is -2.46. The maximum atomic E-state index is 10.7. The molecule has 85 valence electrons. The van der Waals surface area contributed by atoms with Crippen LogP contribution in [0, 0.1) is 11.8 Å². The molecule has 5 N–H and O–H groups in total. The zero-order valence-electron chi connectivity index (χ0n) is 8.27. The molecule has 1 amide bonds. The molecule has 1 aliphatic carbocycles. The van der Waals surface area contributed by atoms with Gasteiger partial charge in [-0.05, 0) is 25.7 Å². The summed E-state index contributed by atoms with van der Waals surface area (Å²) in [6.45, 7) is 0. The Morgan fingerprint density at radius 3 is 2.27 bits per heavy atom. The van der Waals surface area contributed by atoms with Crippen molar-refractivity contribution in [3.8, 4) is 0 Å². The summed E-state index contributed by atoms with van der Waals surface area (Å²) < 4.78 is 0. The molecular weight excluding hydrogens is 200 g/mol. The maximum Gasteiger partial charge on any atom is 0.405 e. The van der Waals surface area contributed by atoms with E-state index in [1.807, 2.05) is 0 Å². The Hall–Kier alpha value is -1.30. The summed E-state index contributed by atoms with van der Waals surface area (Å²) in [6.07, 6.45) is 0.420. The van der Waals surface area contributed by atoms with Gasteiger partial charge in [-0.3, -0.25) is 4.79 Å². The minimum atomic E-state index is -1.16. The molecule has 0 aromatic carbocycles. The van der Waals surface area contributed by atoms with Crippen molar-refractivity contribution in [2.24, 2.45) is 11.7 Å². The van der Waals surface area contributed by atoms with Crippen molar-refractivity contribution >= 4 is 12.1 Å². The summed E-state index contributed by atoms with van der Waals surface area (Å²) in [7, 11) is 0. The second-order valence-corrected chi connectivity index (χ2v) is 3.70. The molecule has 1 fully saturated rings. The minimum absolute atomic E-state index is 0.314. The Morgan fingerprint density at radius 1 is 1.33 bits per heavy atom. The number of carbonyl (C=O) groups is 2. The number of aliphatic carboxylic acids is 1. The lowest BCUT2D eigenvalue weighted by atomic mass is 9.81. The van der Waals surface area contributed by atoms with Crippen LogP contribution in [0.25, 0.3) is 0 Å². The summed E-state index contributed by atoms with van der Waals surface area (Å²) in [6, 6.07) is 0. The first-order valence-corrected chi connectivity index (χ1v) is 4.83. The fraction of sp³-hybridized carbons (Fsp3) is 0.667. The molecule has 0 aliphatic heterocycles. The Bertz CT molecular complexity index is 248.